The molecule has 1 aromatic heterocycles. The lowest BCUT2D eigenvalue weighted by molar-refractivity contribution is -0.123. The van der Waals surface area contributed by atoms with Crippen LogP contribution in [0.3, 0.4) is 0 Å². The maximum Gasteiger partial charge on any atom is 0.342 e. The summed E-state index contributed by atoms with van der Waals surface area (Å²) in [5.41, 5.74) is 3.84. The van der Waals surface area contributed by atoms with Crippen LogP contribution in [-0.4, -0.2) is 70.5 Å². The summed E-state index contributed by atoms with van der Waals surface area (Å²) in [6.07, 6.45) is 3.83. The molecule has 3 aliphatic heterocycles. The molecule has 32 heavy (non-hydrogen) atoms. The van der Waals surface area contributed by atoms with Gasteiger partial charge in [0, 0.05) is 57.1 Å². The molecule has 5 rings (SSSR count). The largest absolute Gasteiger partial charge is 0.368 e. The number of nitrogens with one attached hydrogen (secondary N) is 1. The summed E-state index contributed by atoms with van der Waals surface area (Å²) in [7, 11) is 0. The number of amides is 4. The van der Waals surface area contributed by atoms with Crippen LogP contribution in [0.4, 0.5) is 10.5 Å². The van der Waals surface area contributed by atoms with Gasteiger partial charge in [-0.05, 0) is 39.2 Å². The zero-order valence-corrected chi connectivity index (χ0v) is 19.0. The van der Waals surface area contributed by atoms with Crippen LogP contribution in [0.5, 0.6) is 0 Å². The molecule has 2 aromatic rings. The first-order valence-corrected chi connectivity index (χ1v) is 11.4. The van der Waals surface area contributed by atoms with Gasteiger partial charge in [-0.1, -0.05) is 12.1 Å². The van der Waals surface area contributed by atoms with Crippen LogP contribution in [0, 0.1) is 0 Å². The molecule has 0 saturated carbocycles. The monoisotopic (exact) mass is 498 g/mol. The predicted molar refractivity (Wildman–Crippen MR) is 121 cm³/mol. The zero-order chi connectivity index (χ0) is 22.2. The van der Waals surface area contributed by atoms with E-state index in [9.17, 15) is 14.4 Å². The summed E-state index contributed by atoms with van der Waals surface area (Å²) < 4.78 is 1.01. The van der Waals surface area contributed by atoms with Crippen LogP contribution in [0.2, 0.25) is 0 Å². The molecule has 166 valence electrons. The number of benzene rings is 1. The molecule has 0 radical (unpaired) electrons. The number of rotatable bonds is 4. The number of anilines is 1. The van der Waals surface area contributed by atoms with E-state index in [1.165, 1.54) is 15.7 Å². The van der Waals surface area contributed by atoms with Gasteiger partial charge in [-0.25, -0.2) is 14.8 Å². The van der Waals surface area contributed by atoms with Gasteiger partial charge < -0.3 is 4.90 Å². The highest BCUT2D eigenvalue weighted by atomic mass is 79.9. The lowest BCUT2D eigenvalue weighted by Gasteiger charge is -2.36. The molecule has 1 aromatic carbocycles. The van der Waals surface area contributed by atoms with E-state index >= 15 is 0 Å². The van der Waals surface area contributed by atoms with E-state index in [4.69, 9.17) is 0 Å². The van der Waals surface area contributed by atoms with E-state index < -0.39 is 6.03 Å². The number of carbonyl (C=O) groups is 3. The van der Waals surface area contributed by atoms with Gasteiger partial charge >= 0.3 is 6.03 Å². The van der Waals surface area contributed by atoms with E-state index in [0.717, 1.165) is 48.3 Å². The molecular formula is C22H23BrN6O3. The van der Waals surface area contributed by atoms with Crippen LogP contribution in [0.25, 0.3) is 0 Å². The number of fused-ring (bicyclic) bond motifs is 1. The Morgan fingerprint density at radius 1 is 1.00 bits per heavy atom. The number of hydrogen-bond donors (Lipinski definition) is 1. The first-order valence-electron chi connectivity index (χ1n) is 10.6. The molecule has 0 atom stereocenters. The molecule has 0 aliphatic carbocycles. The van der Waals surface area contributed by atoms with Gasteiger partial charge in [0.15, 0.2) is 0 Å². The second-order valence-electron chi connectivity index (χ2n) is 8.17. The van der Waals surface area contributed by atoms with Gasteiger partial charge in [-0.15, -0.1) is 0 Å². The number of imide groups is 1. The highest BCUT2D eigenvalue weighted by Gasteiger charge is 2.37. The molecule has 2 fully saturated rings. The van der Waals surface area contributed by atoms with Gasteiger partial charge in [-0.2, -0.15) is 0 Å². The molecule has 10 heteroatoms. The van der Waals surface area contributed by atoms with Crippen molar-refractivity contribution in [1.29, 1.82) is 0 Å². The fourth-order valence-electron chi connectivity index (χ4n) is 4.47. The number of pyridine rings is 1. The quantitative estimate of drug-likeness (QED) is 0.693. The summed E-state index contributed by atoms with van der Waals surface area (Å²) in [4.78, 5) is 45.3. The fraction of sp³-hybridized carbons (Fsp3) is 0.364. The molecule has 1 N–H and O–H groups in total. The molecular weight excluding hydrogens is 476 g/mol. The maximum absolute atomic E-state index is 12.8. The summed E-state index contributed by atoms with van der Waals surface area (Å²) in [6.45, 7) is 5.12. The average Bonchev–Trinajstić information content (AvgIpc) is 3.10. The first-order chi connectivity index (χ1) is 15.5. The molecule has 0 unspecified atom stereocenters. The van der Waals surface area contributed by atoms with E-state index in [1.807, 2.05) is 30.6 Å². The van der Waals surface area contributed by atoms with Crippen molar-refractivity contribution in [2.45, 2.75) is 19.5 Å². The number of hydrazine groups is 1. The smallest absolute Gasteiger partial charge is 0.342 e. The van der Waals surface area contributed by atoms with Gasteiger partial charge in [0.05, 0.1) is 23.2 Å². The van der Waals surface area contributed by atoms with E-state index in [1.54, 1.807) is 0 Å². The van der Waals surface area contributed by atoms with Crippen molar-refractivity contribution in [3.63, 3.8) is 0 Å². The summed E-state index contributed by atoms with van der Waals surface area (Å²) in [6, 6.07) is 7.39. The Bertz CT molecular complexity index is 1090. The molecule has 0 spiro atoms. The number of hydrogen-bond acceptors (Lipinski definition) is 6. The number of aromatic nitrogens is 1. The van der Waals surface area contributed by atoms with Gasteiger partial charge in [0.25, 0.3) is 5.91 Å². The third-order valence-corrected chi connectivity index (χ3v) is 6.76. The van der Waals surface area contributed by atoms with Crippen molar-refractivity contribution >= 4 is 39.5 Å². The molecule has 4 amide bonds. The molecule has 3 aliphatic rings. The molecule has 0 bridgehead atoms. The molecule has 2 saturated heterocycles. The number of piperazine rings is 1. The summed E-state index contributed by atoms with van der Waals surface area (Å²) >= 11 is 3.58. The predicted octanol–water partition coefficient (Wildman–Crippen LogP) is 1.98. The Morgan fingerprint density at radius 3 is 2.56 bits per heavy atom. The Hall–Kier alpha value is -2.98. The summed E-state index contributed by atoms with van der Waals surface area (Å²) in [5.74, 6) is -0.512. The van der Waals surface area contributed by atoms with E-state index in [-0.39, 0.29) is 24.8 Å². The van der Waals surface area contributed by atoms with Gasteiger partial charge in [0.1, 0.15) is 0 Å². The number of nitrogens with zero attached hydrogens (tertiary/aromatic N) is 5. The Labute approximate surface area is 194 Å². The first kappa shape index (κ1) is 20.9. The van der Waals surface area contributed by atoms with Gasteiger partial charge in [-0.3, -0.25) is 24.8 Å². The van der Waals surface area contributed by atoms with E-state index in [2.05, 4.69) is 42.1 Å². The van der Waals surface area contributed by atoms with Crippen molar-refractivity contribution in [3.8, 4) is 0 Å². The minimum atomic E-state index is -0.540. The number of carbonyl (C=O) groups excluding carboxylic acids is 3. The Kier molecular flexibility index (Phi) is 5.56. The number of halogens is 1. The third-order valence-electron chi connectivity index (χ3n) is 6.15. The highest BCUT2D eigenvalue weighted by molar-refractivity contribution is 9.10. The van der Waals surface area contributed by atoms with Crippen LogP contribution >= 0.6 is 15.9 Å². The second-order valence-corrected chi connectivity index (χ2v) is 9.03. The van der Waals surface area contributed by atoms with Crippen molar-refractivity contribution < 1.29 is 14.4 Å². The lowest BCUT2D eigenvalue weighted by Crippen LogP contribution is -2.56. The van der Waals surface area contributed by atoms with Crippen molar-refractivity contribution in [2.75, 3.05) is 37.6 Å². The van der Waals surface area contributed by atoms with Crippen LogP contribution < -0.4 is 10.2 Å². The van der Waals surface area contributed by atoms with Crippen LogP contribution in [-0.2, 0) is 17.9 Å². The van der Waals surface area contributed by atoms with Crippen LogP contribution in [0.15, 0.2) is 41.1 Å². The van der Waals surface area contributed by atoms with Crippen LogP contribution in [0.1, 0.15) is 27.9 Å². The maximum atomic E-state index is 12.8. The van der Waals surface area contributed by atoms with Crippen molar-refractivity contribution in [3.05, 3.63) is 57.8 Å². The SMILES string of the molecule is O=C1CCN(N2Cc3cc(CN4CCN(c5ccncc5Br)CC4)ccc3C2=O)C(=O)N1. The van der Waals surface area contributed by atoms with E-state index in [0.29, 0.717) is 12.1 Å². The number of urea groups is 1. The minimum absolute atomic E-state index is 0.194. The second kappa shape index (κ2) is 8.51. The normalized spacial score (nSPS) is 19.4. The third kappa shape index (κ3) is 3.95. The zero-order valence-electron chi connectivity index (χ0n) is 17.5. The van der Waals surface area contributed by atoms with Crippen molar-refractivity contribution in [2.24, 2.45) is 0 Å². The topological polar surface area (TPSA) is 89.1 Å². The molecule has 4 heterocycles. The van der Waals surface area contributed by atoms with Gasteiger partial charge in [0.2, 0.25) is 5.91 Å². The highest BCUT2D eigenvalue weighted by Crippen LogP contribution is 2.28. The Balaban J connectivity index is 1.22. The summed E-state index contributed by atoms with van der Waals surface area (Å²) in [5, 5.41) is 5.04. The van der Waals surface area contributed by atoms with Crippen molar-refractivity contribution in [1.82, 2.24) is 25.2 Å². The lowest BCUT2D eigenvalue weighted by atomic mass is 10.1. The Morgan fingerprint density at radius 2 is 1.81 bits per heavy atom. The standard InChI is InChI=1S/C22H23BrN6O3/c23-18-12-24-5-3-19(18)27-9-7-26(8-10-27)13-15-1-2-17-16(11-15)14-29(21(17)31)28-6-4-20(30)25-22(28)32/h1-3,5,11-12H,4,6-10,13-14H2,(H,25,30,32). The fourth-order valence-corrected chi connectivity index (χ4v) is 4.97. The minimum Gasteiger partial charge on any atom is -0.368 e. The molecule has 9 nitrogen and oxygen atoms in total. The average molecular weight is 499 g/mol.